The van der Waals surface area contributed by atoms with Crippen LogP contribution in [0, 0.1) is 0 Å². The van der Waals surface area contributed by atoms with Gasteiger partial charge >= 0.3 is 0 Å². The molecule has 1 amide bonds. The Morgan fingerprint density at radius 2 is 1.87 bits per heavy atom. The summed E-state index contributed by atoms with van der Waals surface area (Å²) in [5.74, 6) is 0.0130. The van der Waals surface area contributed by atoms with E-state index in [4.69, 9.17) is 21.5 Å². The average molecular weight is 355 g/mol. The molecule has 0 radical (unpaired) electrons. The molecule has 2 rings (SSSR count). The van der Waals surface area contributed by atoms with Crippen LogP contribution in [0.15, 0.2) is 47.4 Å². The van der Waals surface area contributed by atoms with Crippen LogP contribution in [0.2, 0.25) is 5.02 Å². The Morgan fingerprint density at radius 3 is 2.43 bits per heavy atom. The molecule has 122 valence electrons. The lowest BCUT2D eigenvalue weighted by Gasteiger charge is -2.11. The van der Waals surface area contributed by atoms with Crippen molar-refractivity contribution in [2.24, 2.45) is 5.14 Å². The molecule has 0 fully saturated rings. The zero-order valence-electron chi connectivity index (χ0n) is 12.2. The molecule has 0 aliphatic carbocycles. The molecule has 0 aliphatic heterocycles. The summed E-state index contributed by atoms with van der Waals surface area (Å²) in [4.78, 5) is 12.0. The average Bonchev–Trinajstić information content (AvgIpc) is 2.48. The van der Waals surface area contributed by atoms with Crippen molar-refractivity contribution in [3.63, 3.8) is 0 Å². The van der Waals surface area contributed by atoms with E-state index >= 15 is 0 Å². The van der Waals surface area contributed by atoms with Crippen molar-refractivity contribution in [2.75, 3.05) is 12.4 Å². The van der Waals surface area contributed by atoms with Crippen LogP contribution < -0.4 is 15.2 Å². The van der Waals surface area contributed by atoms with Gasteiger partial charge in [0.2, 0.25) is 15.9 Å². The molecule has 0 bridgehead atoms. The highest BCUT2D eigenvalue weighted by atomic mass is 35.5. The second-order valence-electron chi connectivity index (χ2n) is 4.76. The maximum atomic E-state index is 12.1. The van der Waals surface area contributed by atoms with Crippen LogP contribution >= 0.6 is 11.6 Å². The van der Waals surface area contributed by atoms with E-state index in [0.29, 0.717) is 10.8 Å². The number of halogens is 1. The van der Waals surface area contributed by atoms with Gasteiger partial charge in [-0.3, -0.25) is 4.79 Å². The molecule has 2 aromatic rings. The summed E-state index contributed by atoms with van der Waals surface area (Å²) >= 11 is 5.79. The van der Waals surface area contributed by atoms with E-state index in [0.717, 1.165) is 5.56 Å². The van der Waals surface area contributed by atoms with Crippen molar-refractivity contribution in [3.05, 3.63) is 53.1 Å². The molecule has 0 spiro atoms. The highest BCUT2D eigenvalue weighted by molar-refractivity contribution is 7.89. The maximum absolute atomic E-state index is 12.1. The highest BCUT2D eigenvalue weighted by Crippen LogP contribution is 2.27. The number of rotatable bonds is 5. The van der Waals surface area contributed by atoms with E-state index in [-0.39, 0.29) is 22.9 Å². The molecular weight excluding hydrogens is 340 g/mol. The van der Waals surface area contributed by atoms with E-state index in [9.17, 15) is 13.2 Å². The molecule has 0 saturated heterocycles. The fraction of sp³-hybridized carbons (Fsp3) is 0.133. The van der Waals surface area contributed by atoms with Gasteiger partial charge in [-0.05, 0) is 35.9 Å². The summed E-state index contributed by atoms with van der Waals surface area (Å²) in [5, 5.41) is 8.29. The molecule has 3 N–H and O–H groups in total. The summed E-state index contributed by atoms with van der Waals surface area (Å²) in [5.41, 5.74) is 1.01. The smallest absolute Gasteiger partial charge is 0.238 e. The molecule has 2 aromatic carbocycles. The van der Waals surface area contributed by atoms with Gasteiger partial charge in [0.25, 0.3) is 0 Å². The Labute approximate surface area is 139 Å². The number of hydrogen-bond acceptors (Lipinski definition) is 4. The van der Waals surface area contributed by atoms with Gasteiger partial charge in [-0.25, -0.2) is 13.6 Å². The molecule has 0 unspecified atom stereocenters. The minimum Gasteiger partial charge on any atom is -0.495 e. The third-order valence-electron chi connectivity index (χ3n) is 3.05. The quantitative estimate of drug-likeness (QED) is 0.859. The summed E-state index contributed by atoms with van der Waals surface area (Å²) in [7, 11) is -2.45. The Bertz CT molecular complexity index is 820. The van der Waals surface area contributed by atoms with Crippen molar-refractivity contribution in [1.82, 2.24) is 0 Å². The molecule has 6 nitrogen and oxygen atoms in total. The number of sulfonamides is 1. The Hall–Kier alpha value is -2.09. The van der Waals surface area contributed by atoms with Crippen LogP contribution in [0.4, 0.5) is 5.69 Å². The number of ether oxygens (including phenoxy) is 1. The molecule has 0 heterocycles. The van der Waals surface area contributed by atoms with Gasteiger partial charge in [0.15, 0.2) is 0 Å². The maximum Gasteiger partial charge on any atom is 0.238 e. The van der Waals surface area contributed by atoms with E-state index in [2.05, 4.69) is 5.32 Å². The molecular formula is C15H15ClN2O4S. The topological polar surface area (TPSA) is 98.5 Å². The first kappa shape index (κ1) is 17.3. The molecule has 0 aliphatic rings. The van der Waals surface area contributed by atoms with Gasteiger partial charge in [-0.2, -0.15) is 0 Å². The minimum absolute atomic E-state index is 0.111. The number of carbonyl (C=O) groups excluding carboxylic acids is 1. The normalized spacial score (nSPS) is 11.1. The van der Waals surface area contributed by atoms with Crippen LogP contribution in [0.5, 0.6) is 5.75 Å². The van der Waals surface area contributed by atoms with Gasteiger partial charge in [0, 0.05) is 5.02 Å². The lowest BCUT2D eigenvalue weighted by molar-refractivity contribution is -0.115. The summed E-state index contributed by atoms with van der Waals surface area (Å²) < 4.78 is 27.9. The number of benzene rings is 2. The second-order valence-corrected chi connectivity index (χ2v) is 6.76. The molecule has 0 saturated carbocycles. The van der Waals surface area contributed by atoms with E-state index in [1.54, 1.807) is 24.3 Å². The van der Waals surface area contributed by atoms with Crippen molar-refractivity contribution in [2.45, 2.75) is 11.3 Å². The van der Waals surface area contributed by atoms with Crippen LogP contribution in [0.25, 0.3) is 0 Å². The summed E-state index contributed by atoms with van der Waals surface area (Å²) in [6, 6.07) is 10.8. The van der Waals surface area contributed by atoms with E-state index in [1.807, 2.05) is 0 Å². The van der Waals surface area contributed by atoms with E-state index < -0.39 is 10.0 Å². The van der Waals surface area contributed by atoms with Crippen molar-refractivity contribution >= 4 is 33.2 Å². The zero-order chi connectivity index (χ0) is 17.0. The molecule has 0 atom stereocenters. The predicted octanol–water partition coefficient (Wildman–Crippen LogP) is 2.18. The van der Waals surface area contributed by atoms with Crippen molar-refractivity contribution < 1.29 is 17.9 Å². The third-order valence-corrected chi connectivity index (χ3v) is 4.21. The van der Waals surface area contributed by atoms with Gasteiger partial charge < -0.3 is 10.1 Å². The number of methoxy groups -OCH3 is 1. The monoisotopic (exact) mass is 354 g/mol. The lowest BCUT2D eigenvalue weighted by Crippen LogP contribution is -2.17. The number of amides is 1. The first-order chi connectivity index (χ1) is 10.8. The third kappa shape index (κ3) is 4.69. The number of primary sulfonamides is 1. The van der Waals surface area contributed by atoms with Crippen LogP contribution in [-0.4, -0.2) is 21.4 Å². The molecule has 8 heteroatoms. The predicted molar refractivity (Wildman–Crippen MR) is 88.2 cm³/mol. The minimum atomic E-state index is -3.87. The van der Waals surface area contributed by atoms with E-state index in [1.165, 1.54) is 25.3 Å². The standard InChI is InChI=1S/C15H15ClN2O4S/c1-22-14-7-6-12(23(17,20)21)9-13(14)18-15(19)8-10-2-4-11(16)5-3-10/h2-7,9H,8H2,1H3,(H,18,19)(H2,17,20,21). The number of anilines is 1. The summed E-state index contributed by atoms with van der Waals surface area (Å²) in [6.07, 6.45) is 0.111. The zero-order valence-corrected chi connectivity index (χ0v) is 13.8. The molecule has 0 aromatic heterocycles. The fourth-order valence-electron chi connectivity index (χ4n) is 1.94. The second kappa shape index (κ2) is 6.99. The van der Waals surface area contributed by atoms with Gasteiger partial charge in [-0.15, -0.1) is 0 Å². The number of hydrogen-bond donors (Lipinski definition) is 2. The Morgan fingerprint density at radius 1 is 1.22 bits per heavy atom. The van der Waals surface area contributed by atoms with Crippen molar-refractivity contribution in [3.8, 4) is 5.75 Å². The van der Waals surface area contributed by atoms with Gasteiger partial charge in [0.1, 0.15) is 5.75 Å². The van der Waals surface area contributed by atoms with Gasteiger partial charge in [0.05, 0.1) is 24.1 Å². The SMILES string of the molecule is COc1ccc(S(N)(=O)=O)cc1NC(=O)Cc1ccc(Cl)cc1. The number of nitrogens with two attached hydrogens (primary N) is 1. The fourth-order valence-corrected chi connectivity index (χ4v) is 2.61. The summed E-state index contributed by atoms with van der Waals surface area (Å²) in [6.45, 7) is 0. The number of nitrogens with one attached hydrogen (secondary N) is 1. The van der Waals surface area contributed by atoms with Crippen LogP contribution in [-0.2, 0) is 21.2 Å². The molecule has 23 heavy (non-hydrogen) atoms. The first-order valence-corrected chi connectivity index (χ1v) is 8.47. The van der Waals surface area contributed by atoms with Crippen molar-refractivity contribution in [1.29, 1.82) is 0 Å². The Kier molecular flexibility index (Phi) is 5.25. The highest BCUT2D eigenvalue weighted by Gasteiger charge is 2.14. The largest absolute Gasteiger partial charge is 0.495 e. The lowest BCUT2D eigenvalue weighted by atomic mass is 10.1. The van der Waals surface area contributed by atoms with Crippen LogP contribution in [0.3, 0.4) is 0 Å². The van der Waals surface area contributed by atoms with Crippen LogP contribution in [0.1, 0.15) is 5.56 Å². The Balaban J connectivity index is 2.20. The number of carbonyl (C=O) groups is 1. The first-order valence-electron chi connectivity index (χ1n) is 6.55. The van der Waals surface area contributed by atoms with Gasteiger partial charge in [-0.1, -0.05) is 23.7 Å².